The summed E-state index contributed by atoms with van der Waals surface area (Å²) in [5.74, 6) is 0.506. The lowest BCUT2D eigenvalue weighted by molar-refractivity contribution is 0.311. The molecule has 4 rings (SSSR count). The third kappa shape index (κ3) is 3.86. The van der Waals surface area contributed by atoms with E-state index in [0.717, 1.165) is 22.2 Å². The number of nitrogens with zero attached hydrogens (tertiary/aromatic N) is 4. The quantitative estimate of drug-likeness (QED) is 0.506. The fraction of sp³-hybridized carbons (Fsp3) is 0.286. The number of benzene rings is 2. The second-order valence-electron chi connectivity index (χ2n) is 7.67. The minimum absolute atomic E-state index is 0.100. The molecule has 2 aromatic carbocycles. The highest BCUT2D eigenvalue weighted by atomic mass is 32.2. The molecule has 0 spiro atoms. The maximum absolute atomic E-state index is 12.8. The van der Waals surface area contributed by atoms with Crippen molar-refractivity contribution in [2.45, 2.75) is 31.7 Å². The minimum Gasteiger partial charge on any atom is -0.337 e. The first-order valence-electron chi connectivity index (χ1n) is 9.58. The molecule has 8 nitrogen and oxygen atoms in total. The van der Waals surface area contributed by atoms with Crippen molar-refractivity contribution in [2.75, 3.05) is 0 Å². The summed E-state index contributed by atoms with van der Waals surface area (Å²) in [7, 11) is -1.82. The lowest BCUT2D eigenvalue weighted by Gasteiger charge is -2.18. The van der Waals surface area contributed by atoms with Crippen LogP contribution in [0.2, 0.25) is 0 Å². The Bertz CT molecular complexity index is 1290. The van der Waals surface area contributed by atoms with Gasteiger partial charge in [0.1, 0.15) is 6.04 Å². The number of hydrogen-bond donors (Lipinski definition) is 1. The summed E-state index contributed by atoms with van der Waals surface area (Å²) in [6, 6.07) is 11.7. The monoisotopic (exact) mass is 425 g/mol. The average Bonchev–Trinajstić information content (AvgIpc) is 3.33. The van der Waals surface area contributed by atoms with Crippen LogP contribution in [-0.2, 0) is 17.1 Å². The van der Waals surface area contributed by atoms with Crippen molar-refractivity contribution in [3.63, 3.8) is 0 Å². The van der Waals surface area contributed by atoms with Crippen LogP contribution in [0.4, 0.5) is 0 Å². The standard InChI is InChI=1S/C21H23N5O3S/c1-13(2)19(25-30(27,28)16-8-5-14(3)6-9-16)21-23-20(24-29-21)15-7-10-18-17(11-15)22-12-26(18)4/h5-13,19,25H,1-4H3/t19-/m1/s1. The Morgan fingerprint density at radius 1 is 1.10 bits per heavy atom. The molecule has 0 fully saturated rings. The summed E-state index contributed by atoms with van der Waals surface area (Å²) < 4.78 is 35.8. The number of imidazole rings is 1. The van der Waals surface area contributed by atoms with Gasteiger partial charge < -0.3 is 9.09 Å². The molecule has 0 saturated heterocycles. The van der Waals surface area contributed by atoms with Crippen LogP contribution < -0.4 is 4.72 Å². The van der Waals surface area contributed by atoms with Gasteiger partial charge in [0.05, 0.1) is 22.3 Å². The van der Waals surface area contributed by atoms with Gasteiger partial charge in [0.2, 0.25) is 21.7 Å². The smallest absolute Gasteiger partial charge is 0.245 e. The highest BCUT2D eigenvalue weighted by Crippen LogP contribution is 2.27. The summed E-state index contributed by atoms with van der Waals surface area (Å²) in [5.41, 5.74) is 3.55. The molecule has 30 heavy (non-hydrogen) atoms. The summed E-state index contributed by atoms with van der Waals surface area (Å²) >= 11 is 0. The van der Waals surface area contributed by atoms with E-state index in [2.05, 4.69) is 19.8 Å². The van der Waals surface area contributed by atoms with Crippen LogP contribution in [0.15, 0.2) is 58.2 Å². The second-order valence-corrected chi connectivity index (χ2v) is 9.39. The van der Waals surface area contributed by atoms with Gasteiger partial charge in [0.25, 0.3) is 0 Å². The van der Waals surface area contributed by atoms with Gasteiger partial charge in [-0.15, -0.1) is 0 Å². The van der Waals surface area contributed by atoms with Crippen LogP contribution in [0.3, 0.4) is 0 Å². The van der Waals surface area contributed by atoms with E-state index in [4.69, 9.17) is 4.52 Å². The molecule has 0 amide bonds. The van der Waals surface area contributed by atoms with Crippen LogP contribution in [0.5, 0.6) is 0 Å². The van der Waals surface area contributed by atoms with Crippen LogP contribution >= 0.6 is 0 Å². The van der Waals surface area contributed by atoms with Crippen molar-refractivity contribution in [2.24, 2.45) is 13.0 Å². The lowest BCUT2D eigenvalue weighted by atomic mass is 10.1. The van der Waals surface area contributed by atoms with Crippen LogP contribution in [0.1, 0.15) is 31.3 Å². The molecule has 2 heterocycles. The van der Waals surface area contributed by atoms with Crippen molar-refractivity contribution >= 4 is 21.1 Å². The number of sulfonamides is 1. The molecule has 1 N–H and O–H groups in total. The number of aryl methyl sites for hydroxylation is 2. The first-order valence-corrected chi connectivity index (χ1v) is 11.1. The summed E-state index contributed by atoms with van der Waals surface area (Å²) in [4.78, 5) is 9.01. The second kappa shape index (κ2) is 7.66. The lowest BCUT2D eigenvalue weighted by Crippen LogP contribution is -2.32. The van der Waals surface area contributed by atoms with Gasteiger partial charge >= 0.3 is 0 Å². The van der Waals surface area contributed by atoms with Crippen molar-refractivity contribution in [1.29, 1.82) is 0 Å². The number of aromatic nitrogens is 4. The van der Waals surface area contributed by atoms with Crippen LogP contribution in [0.25, 0.3) is 22.4 Å². The molecule has 0 saturated carbocycles. The van der Waals surface area contributed by atoms with E-state index >= 15 is 0 Å². The van der Waals surface area contributed by atoms with E-state index in [-0.39, 0.29) is 16.7 Å². The molecule has 0 radical (unpaired) electrons. The first-order chi connectivity index (χ1) is 14.2. The molecular formula is C21H23N5O3S. The third-order valence-corrected chi connectivity index (χ3v) is 6.43. The van der Waals surface area contributed by atoms with Crippen molar-refractivity contribution < 1.29 is 12.9 Å². The third-order valence-electron chi connectivity index (χ3n) is 4.97. The number of hydrogen-bond acceptors (Lipinski definition) is 6. The molecule has 0 aliphatic heterocycles. The Morgan fingerprint density at radius 2 is 1.83 bits per heavy atom. The normalized spacial score (nSPS) is 13.2. The molecule has 0 unspecified atom stereocenters. The molecular weight excluding hydrogens is 402 g/mol. The SMILES string of the molecule is Cc1ccc(S(=O)(=O)N[C@@H](c2nc(-c3ccc4c(c3)ncn4C)no2)C(C)C)cc1. The molecule has 156 valence electrons. The Hall–Kier alpha value is -3.04. The van der Waals surface area contributed by atoms with E-state index in [1.165, 1.54) is 0 Å². The van der Waals surface area contributed by atoms with E-state index < -0.39 is 16.1 Å². The minimum atomic E-state index is -3.74. The highest BCUT2D eigenvalue weighted by molar-refractivity contribution is 7.89. The van der Waals surface area contributed by atoms with Crippen LogP contribution in [-0.4, -0.2) is 28.1 Å². The fourth-order valence-corrected chi connectivity index (χ4v) is 4.52. The number of rotatable bonds is 6. The predicted octanol–water partition coefficient (Wildman–Crippen LogP) is 3.61. The van der Waals surface area contributed by atoms with Gasteiger partial charge in [-0.25, -0.2) is 13.4 Å². The molecule has 1 atom stereocenters. The van der Waals surface area contributed by atoms with Gasteiger partial charge in [-0.1, -0.05) is 36.7 Å². The fourth-order valence-electron chi connectivity index (χ4n) is 3.18. The zero-order valence-corrected chi connectivity index (χ0v) is 18.0. The summed E-state index contributed by atoms with van der Waals surface area (Å²) in [6.07, 6.45) is 1.74. The molecule has 0 aliphatic rings. The highest BCUT2D eigenvalue weighted by Gasteiger charge is 2.28. The van der Waals surface area contributed by atoms with Gasteiger partial charge in [-0.2, -0.15) is 9.71 Å². The van der Waals surface area contributed by atoms with Gasteiger partial charge in [0, 0.05) is 12.6 Å². The molecule has 9 heteroatoms. The van der Waals surface area contributed by atoms with Crippen molar-refractivity contribution in [1.82, 2.24) is 24.4 Å². The molecule has 2 aromatic heterocycles. The number of fused-ring (bicyclic) bond motifs is 1. The van der Waals surface area contributed by atoms with Gasteiger partial charge in [-0.05, 0) is 43.2 Å². The van der Waals surface area contributed by atoms with E-state index in [0.29, 0.717) is 5.82 Å². The van der Waals surface area contributed by atoms with Crippen molar-refractivity contribution in [3.05, 3.63) is 60.2 Å². The van der Waals surface area contributed by atoms with Gasteiger partial charge in [-0.3, -0.25) is 0 Å². The zero-order valence-electron chi connectivity index (χ0n) is 17.2. The van der Waals surface area contributed by atoms with E-state index in [9.17, 15) is 8.42 Å². The summed E-state index contributed by atoms with van der Waals surface area (Å²) in [6.45, 7) is 5.70. The van der Waals surface area contributed by atoms with E-state index in [1.54, 1.807) is 30.6 Å². The van der Waals surface area contributed by atoms with E-state index in [1.807, 2.05) is 50.6 Å². The average molecular weight is 426 g/mol. The molecule has 0 bridgehead atoms. The Labute approximate surface area is 175 Å². The van der Waals surface area contributed by atoms with Crippen molar-refractivity contribution in [3.8, 4) is 11.4 Å². The van der Waals surface area contributed by atoms with Crippen LogP contribution in [0, 0.1) is 12.8 Å². The molecule has 0 aliphatic carbocycles. The Morgan fingerprint density at radius 3 is 2.53 bits per heavy atom. The predicted molar refractivity (Wildman–Crippen MR) is 113 cm³/mol. The zero-order chi connectivity index (χ0) is 21.5. The van der Waals surface area contributed by atoms with Gasteiger partial charge in [0.15, 0.2) is 0 Å². The topological polar surface area (TPSA) is 103 Å². The maximum Gasteiger partial charge on any atom is 0.245 e. The maximum atomic E-state index is 12.8. The Balaban J connectivity index is 1.63. The first kappa shape index (κ1) is 20.2. The summed E-state index contributed by atoms with van der Waals surface area (Å²) in [5, 5.41) is 4.06. The largest absolute Gasteiger partial charge is 0.337 e. The molecule has 4 aromatic rings. The number of nitrogens with one attached hydrogen (secondary N) is 1. The Kier molecular flexibility index (Phi) is 5.17.